The van der Waals surface area contributed by atoms with Gasteiger partial charge in [0.2, 0.25) is 5.91 Å². The van der Waals surface area contributed by atoms with Crippen LogP contribution in [0.5, 0.6) is 0 Å². The summed E-state index contributed by atoms with van der Waals surface area (Å²) < 4.78 is 0. The number of carbonyl (C=O) groups is 1. The van der Waals surface area contributed by atoms with E-state index in [0.717, 1.165) is 11.3 Å². The van der Waals surface area contributed by atoms with E-state index in [4.69, 9.17) is 5.26 Å². The van der Waals surface area contributed by atoms with E-state index < -0.39 is 0 Å². The molecular weight excluding hydrogens is 202 g/mol. The third-order valence-corrected chi connectivity index (χ3v) is 2.18. The molecular formula is C12H15N3O. The van der Waals surface area contributed by atoms with Crippen molar-refractivity contribution in [2.45, 2.75) is 6.42 Å². The SMILES string of the molecule is CN(C)C(=O)CNc1ccc(CC#N)cc1. The van der Waals surface area contributed by atoms with Gasteiger partial charge in [-0.3, -0.25) is 4.79 Å². The minimum atomic E-state index is 0.0288. The first-order chi connectivity index (χ1) is 7.63. The Hall–Kier alpha value is -2.02. The third kappa shape index (κ3) is 3.62. The van der Waals surface area contributed by atoms with E-state index in [1.54, 1.807) is 14.1 Å². The predicted octanol–water partition coefficient (Wildman–Crippen LogP) is 1.25. The van der Waals surface area contributed by atoms with Crippen LogP contribution in [0, 0.1) is 11.3 Å². The van der Waals surface area contributed by atoms with Crippen molar-refractivity contribution in [3.8, 4) is 6.07 Å². The van der Waals surface area contributed by atoms with Crippen LogP contribution in [-0.2, 0) is 11.2 Å². The van der Waals surface area contributed by atoms with Crippen molar-refractivity contribution in [2.75, 3.05) is 26.0 Å². The number of hydrogen-bond donors (Lipinski definition) is 1. The Kier molecular flexibility index (Phi) is 4.34. The summed E-state index contributed by atoms with van der Waals surface area (Å²) in [6, 6.07) is 9.59. The number of likely N-dealkylation sites (N-methyl/N-ethyl adjacent to an activating group) is 1. The highest BCUT2D eigenvalue weighted by molar-refractivity contribution is 5.80. The van der Waals surface area contributed by atoms with Crippen LogP contribution in [0.25, 0.3) is 0 Å². The summed E-state index contributed by atoms with van der Waals surface area (Å²) in [5, 5.41) is 11.5. The molecule has 0 aromatic heterocycles. The summed E-state index contributed by atoms with van der Waals surface area (Å²) in [5.41, 5.74) is 1.86. The zero-order valence-corrected chi connectivity index (χ0v) is 9.53. The Morgan fingerprint density at radius 1 is 1.38 bits per heavy atom. The maximum absolute atomic E-state index is 11.3. The van der Waals surface area contributed by atoms with Gasteiger partial charge in [0.25, 0.3) is 0 Å². The topological polar surface area (TPSA) is 56.1 Å². The van der Waals surface area contributed by atoms with E-state index in [9.17, 15) is 4.79 Å². The molecule has 1 N–H and O–H groups in total. The first-order valence-corrected chi connectivity index (χ1v) is 5.03. The van der Waals surface area contributed by atoms with Gasteiger partial charge in [0.15, 0.2) is 0 Å². The first kappa shape index (κ1) is 12.1. The zero-order chi connectivity index (χ0) is 12.0. The summed E-state index contributed by atoms with van der Waals surface area (Å²) >= 11 is 0. The van der Waals surface area contributed by atoms with E-state index in [1.165, 1.54) is 4.90 Å². The second kappa shape index (κ2) is 5.76. The van der Waals surface area contributed by atoms with Crippen LogP contribution in [-0.4, -0.2) is 31.4 Å². The molecule has 0 saturated carbocycles. The van der Waals surface area contributed by atoms with Crippen LogP contribution in [0.3, 0.4) is 0 Å². The maximum atomic E-state index is 11.3. The minimum Gasteiger partial charge on any atom is -0.376 e. The van der Waals surface area contributed by atoms with Gasteiger partial charge in [-0.1, -0.05) is 12.1 Å². The van der Waals surface area contributed by atoms with Crippen molar-refractivity contribution in [3.63, 3.8) is 0 Å². The lowest BCUT2D eigenvalue weighted by molar-refractivity contribution is -0.126. The number of nitriles is 1. The number of hydrogen-bond acceptors (Lipinski definition) is 3. The van der Waals surface area contributed by atoms with Crippen LogP contribution in [0.2, 0.25) is 0 Å². The van der Waals surface area contributed by atoms with Crippen LogP contribution in [0.1, 0.15) is 5.56 Å². The fourth-order valence-corrected chi connectivity index (χ4v) is 1.17. The highest BCUT2D eigenvalue weighted by Gasteiger charge is 2.02. The summed E-state index contributed by atoms with van der Waals surface area (Å²) in [6.45, 7) is 0.282. The Morgan fingerprint density at radius 2 is 2.00 bits per heavy atom. The van der Waals surface area contributed by atoms with E-state index >= 15 is 0 Å². The largest absolute Gasteiger partial charge is 0.376 e. The number of rotatable bonds is 4. The predicted molar refractivity (Wildman–Crippen MR) is 62.9 cm³/mol. The summed E-state index contributed by atoms with van der Waals surface area (Å²) in [7, 11) is 3.44. The Labute approximate surface area is 95.5 Å². The van der Waals surface area contributed by atoms with Crippen molar-refractivity contribution >= 4 is 11.6 Å². The molecule has 0 aliphatic heterocycles. The molecule has 1 rings (SSSR count). The minimum absolute atomic E-state index is 0.0288. The fourth-order valence-electron chi connectivity index (χ4n) is 1.17. The number of nitrogens with zero attached hydrogens (tertiary/aromatic N) is 2. The Balaban J connectivity index is 2.50. The number of benzene rings is 1. The lowest BCUT2D eigenvalue weighted by atomic mass is 10.1. The lowest BCUT2D eigenvalue weighted by Crippen LogP contribution is -2.28. The van der Waals surface area contributed by atoms with Crippen molar-refractivity contribution in [1.29, 1.82) is 5.26 Å². The number of anilines is 1. The van der Waals surface area contributed by atoms with Crippen LogP contribution in [0.4, 0.5) is 5.69 Å². The molecule has 1 amide bonds. The zero-order valence-electron chi connectivity index (χ0n) is 9.53. The number of carbonyl (C=O) groups excluding carboxylic acids is 1. The molecule has 0 bridgehead atoms. The van der Waals surface area contributed by atoms with E-state index in [-0.39, 0.29) is 12.5 Å². The molecule has 1 aromatic rings. The normalized spacial score (nSPS) is 9.31. The van der Waals surface area contributed by atoms with Gasteiger partial charge in [-0.05, 0) is 17.7 Å². The molecule has 0 heterocycles. The quantitative estimate of drug-likeness (QED) is 0.825. The van der Waals surface area contributed by atoms with Crippen molar-refractivity contribution < 1.29 is 4.79 Å². The van der Waals surface area contributed by atoms with Gasteiger partial charge in [-0.2, -0.15) is 5.26 Å². The molecule has 0 saturated heterocycles. The molecule has 4 nitrogen and oxygen atoms in total. The molecule has 4 heteroatoms. The van der Waals surface area contributed by atoms with Crippen LogP contribution >= 0.6 is 0 Å². The average Bonchev–Trinajstić information content (AvgIpc) is 2.28. The fraction of sp³-hybridized carbons (Fsp3) is 0.333. The smallest absolute Gasteiger partial charge is 0.241 e. The van der Waals surface area contributed by atoms with E-state index in [0.29, 0.717) is 6.42 Å². The van der Waals surface area contributed by atoms with Crippen molar-refractivity contribution in [3.05, 3.63) is 29.8 Å². The van der Waals surface area contributed by atoms with Crippen molar-refractivity contribution in [2.24, 2.45) is 0 Å². The maximum Gasteiger partial charge on any atom is 0.241 e. The first-order valence-electron chi connectivity index (χ1n) is 5.03. The van der Waals surface area contributed by atoms with Gasteiger partial charge in [0, 0.05) is 19.8 Å². The van der Waals surface area contributed by atoms with Gasteiger partial charge in [-0.25, -0.2) is 0 Å². The number of amides is 1. The molecule has 0 spiro atoms. The molecule has 0 unspecified atom stereocenters. The summed E-state index contributed by atoms with van der Waals surface area (Å²) in [6.07, 6.45) is 0.414. The van der Waals surface area contributed by atoms with Gasteiger partial charge in [0.05, 0.1) is 19.0 Å². The molecule has 84 valence electrons. The summed E-state index contributed by atoms with van der Waals surface area (Å²) in [4.78, 5) is 12.8. The third-order valence-electron chi connectivity index (χ3n) is 2.18. The number of nitrogens with one attached hydrogen (secondary N) is 1. The van der Waals surface area contributed by atoms with Crippen LogP contribution < -0.4 is 5.32 Å². The molecule has 1 aromatic carbocycles. The Morgan fingerprint density at radius 3 is 2.50 bits per heavy atom. The monoisotopic (exact) mass is 217 g/mol. The van der Waals surface area contributed by atoms with Crippen molar-refractivity contribution in [1.82, 2.24) is 4.90 Å². The van der Waals surface area contributed by atoms with E-state index in [2.05, 4.69) is 11.4 Å². The molecule has 16 heavy (non-hydrogen) atoms. The molecule has 0 aliphatic rings. The Bertz CT molecular complexity index is 390. The molecule has 0 aliphatic carbocycles. The van der Waals surface area contributed by atoms with Gasteiger partial charge >= 0.3 is 0 Å². The molecule has 0 radical (unpaired) electrons. The highest BCUT2D eigenvalue weighted by atomic mass is 16.2. The summed E-state index contributed by atoms with van der Waals surface area (Å²) in [5.74, 6) is 0.0288. The lowest BCUT2D eigenvalue weighted by Gasteiger charge is -2.11. The standard InChI is InChI=1S/C12H15N3O/c1-15(2)12(16)9-14-11-5-3-10(4-6-11)7-8-13/h3-6,14H,7,9H2,1-2H3. The second-order valence-corrected chi connectivity index (χ2v) is 3.67. The van der Waals surface area contributed by atoms with E-state index in [1.807, 2.05) is 24.3 Å². The van der Waals surface area contributed by atoms with Crippen LogP contribution in [0.15, 0.2) is 24.3 Å². The highest BCUT2D eigenvalue weighted by Crippen LogP contribution is 2.09. The average molecular weight is 217 g/mol. The van der Waals surface area contributed by atoms with Gasteiger partial charge < -0.3 is 10.2 Å². The van der Waals surface area contributed by atoms with Gasteiger partial charge in [0.1, 0.15) is 0 Å². The molecule has 0 fully saturated rings. The van der Waals surface area contributed by atoms with Gasteiger partial charge in [-0.15, -0.1) is 0 Å². The molecule has 0 atom stereocenters. The second-order valence-electron chi connectivity index (χ2n) is 3.67.